The van der Waals surface area contributed by atoms with Crippen molar-refractivity contribution in [2.45, 2.75) is 89.9 Å². The minimum absolute atomic E-state index is 0.274. The van der Waals surface area contributed by atoms with Crippen LogP contribution in [0.4, 0.5) is 5.69 Å². The Balaban J connectivity index is 1.49. The summed E-state index contributed by atoms with van der Waals surface area (Å²) in [6, 6.07) is 21.4. The lowest BCUT2D eigenvalue weighted by Crippen LogP contribution is -2.52. The summed E-state index contributed by atoms with van der Waals surface area (Å²) in [5.74, 6) is 1.69. The maximum absolute atomic E-state index is 2.79. The van der Waals surface area contributed by atoms with E-state index in [1.807, 2.05) is 0 Å². The molecule has 0 amide bonds. The molecule has 33 heavy (non-hydrogen) atoms. The lowest BCUT2D eigenvalue weighted by Gasteiger charge is -2.49. The zero-order valence-corrected chi connectivity index (χ0v) is 20.5. The predicted octanol–water partition coefficient (Wildman–Crippen LogP) is 7.86. The average Bonchev–Trinajstić information content (AvgIpc) is 3.58. The smallest absolute Gasteiger partial charge is 0.128 e. The highest BCUT2D eigenvalue weighted by Gasteiger charge is 2.61. The molecule has 0 spiro atoms. The number of benzene rings is 2. The first-order valence-electron chi connectivity index (χ1n) is 13.6. The van der Waals surface area contributed by atoms with Crippen LogP contribution in [0.15, 0.2) is 66.9 Å². The van der Waals surface area contributed by atoms with Crippen LogP contribution in [0.25, 0.3) is 0 Å². The highest BCUT2D eigenvalue weighted by atomic mass is 15.5. The van der Waals surface area contributed by atoms with Crippen LogP contribution >= 0.6 is 0 Å². The van der Waals surface area contributed by atoms with Gasteiger partial charge in [0.2, 0.25) is 0 Å². The highest BCUT2D eigenvalue weighted by Crippen LogP contribution is 2.61. The molecule has 3 fully saturated rings. The molecule has 0 aromatic heterocycles. The lowest BCUT2D eigenvalue weighted by atomic mass is 9.57. The Hall–Kier alpha value is -2.22. The molecule has 2 aliphatic heterocycles. The van der Waals surface area contributed by atoms with Crippen molar-refractivity contribution in [3.05, 3.63) is 78.0 Å². The van der Waals surface area contributed by atoms with Crippen LogP contribution in [0.5, 0.6) is 0 Å². The molecular weight excluding hydrogens is 400 g/mol. The van der Waals surface area contributed by atoms with Crippen molar-refractivity contribution in [2.24, 2.45) is 17.3 Å². The average molecular weight is 441 g/mol. The van der Waals surface area contributed by atoms with Gasteiger partial charge in [-0.05, 0) is 74.8 Å². The molecule has 2 aromatic carbocycles. The maximum Gasteiger partial charge on any atom is 0.128 e. The summed E-state index contributed by atoms with van der Waals surface area (Å²) in [7, 11) is 0. The molecule has 2 aliphatic carbocycles. The van der Waals surface area contributed by atoms with Crippen molar-refractivity contribution < 1.29 is 0 Å². The molecule has 4 atom stereocenters. The van der Waals surface area contributed by atoms with Crippen molar-refractivity contribution in [3.8, 4) is 0 Å². The van der Waals surface area contributed by atoms with E-state index < -0.39 is 0 Å². The second kappa shape index (κ2) is 8.53. The first kappa shape index (κ1) is 21.3. The standard InChI is InChI=1S/C31H40N2/c1-23-13-9-12-20-28(23)33-24(2)29-31(27-18-10-11-19-27,26-16-7-4-8-17-26)21-22-32(29)30(33)25-14-5-3-6-15-25/h3,5-6,9,12-15,20-22,24,26-27,29-30H,4,7-8,10-11,16-19H2,1-2H3/t24-,29?,30?,31?/m0/s1. The molecule has 2 heterocycles. The fourth-order valence-electron chi connectivity index (χ4n) is 8.36. The normalized spacial score (nSPS) is 32.6. The highest BCUT2D eigenvalue weighted by molar-refractivity contribution is 5.58. The number of rotatable bonds is 4. The fourth-order valence-corrected chi connectivity index (χ4v) is 8.36. The minimum atomic E-state index is 0.274. The van der Waals surface area contributed by atoms with Crippen LogP contribution in [-0.2, 0) is 0 Å². The molecule has 0 bridgehead atoms. The third-order valence-electron chi connectivity index (χ3n) is 9.68. The summed E-state index contributed by atoms with van der Waals surface area (Å²) in [6.07, 6.45) is 18.4. The molecule has 6 rings (SSSR count). The molecule has 1 saturated heterocycles. The molecular formula is C31H40N2. The molecule has 4 aliphatic rings. The van der Waals surface area contributed by atoms with E-state index in [0.29, 0.717) is 17.5 Å². The number of para-hydroxylation sites is 1. The summed E-state index contributed by atoms with van der Waals surface area (Å²) in [4.78, 5) is 5.56. The summed E-state index contributed by atoms with van der Waals surface area (Å²) in [6.45, 7) is 4.82. The largest absolute Gasteiger partial charge is 0.348 e. The third-order valence-corrected chi connectivity index (χ3v) is 9.68. The van der Waals surface area contributed by atoms with Crippen LogP contribution in [0.3, 0.4) is 0 Å². The van der Waals surface area contributed by atoms with Gasteiger partial charge in [0.25, 0.3) is 0 Å². The molecule has 174 valence electrons. The Morgan fingerprint density at radius 1 is 0.758 bits per heavy atom. The topological polar surface area (TPSA) is 6.48 Å². The van der Waals surface area contributed by atoms with Gasteiger partial charge in [0.1, 0.15) is 6.17 Å². The Bertz CT molecular complexity index is 985. The number of aryl methyl sites for hydroxylation is 1. The summed E-state index contributed by atoms with van der Waals surface area (Å²) in [5.41, 5.74) is 4.55. The van der Waals surface area contributed by atoms with Crippen molar-refractivity contribution >= 4 is 5.69 Å². The van der Waals surface area contributed by atoms with Gasteiger partial charge in [-0.2, -0.15) is 0 Å². The van der Waals surface area contributed by atoms with Crippen molar-refractivity contribution in [1.29, 1.82) is 0 Å². The van der Waals surface area contributed by atoms with Crippen LogP contribution in [0, 0.1) is 24.2 Å². The van der Waals surface area contributed by atoms with Crippen molar-refractivity contribution in [3.63, 3.8) is 0 Å². The monoisotopic (exact) mass is 440 g/mol. The number of hydrogen-bond acceptors (Lipinski definition) is 2. The predicted molar refractivity (Wildman–Crippen MR) is 138 cm³/mol. The Morgan fingerprint density at radius 2 is 1.36 bits per heavy atom. The van der Waals surface area contributed by atoms with Gasteiger partial charge in [-0.3, -0.25) is 0 Å². The van der Waals surface area contributed by atoms with Crippen LogP contribution in [0.1, 0.15) is 82.0 Å². The first-order chi connectivity index (χ1) is 16.2. The zero-order chi connectivity index (χ0) is 22.4. The van der Waals surface area contributed by atoms with E-state index in [0.717, 1.165) is 11.8 Å². The van der Waals surface area contributed by atoms with Gasteiger partial charge in [0.15, 0.2) is 0 Å². The van der Waals surface area contributed by atoms with Gasteiger partial charge in [0.05, 0.1) is 6.04 Å². The molecule has 2 aromatic rings. The van der Waals surface area contributed by atoms with Gasteiger partial charge in [-0.25, -0.2) is 0 Å². The Kier molecular flexibility index (Phi) is 5.51. The number of anilines is 1. The lowest BCUT2D eigenvalue weighted by molar-refractivity contribution is 0.0329. The molecule has 0 N–H and O–H groups in total. The maximum atomic E-state index is 2.79. The molecule has 2 heteroatoms. The Morgan fingerprint density at radius 3 is 2.03 bits per heavy atom. The zero-order valence-electron chi connectivity index (χ0n) is 20.5. The van der Waals surface area contributed by atoms with E-state index in [-0.39, 0.29) is 6.17 Å². The van der Waals surface area contributed by atoms with E-state index in [4.69, 9.17) is 0 Å². The number of hydrogen-bond donors (Lipinski definition) is 0. The van der Waals surface area contributed by atoms with E-state index in [2.05, 4.69) is 90.5 Å². The molecule has 2 saturated carbocycles. The van der Waals surface area contributed by atoms with E-state index >= 15 is 0 Å². The molecule has 0 radical (unpaired) electrons. The van der Waals surface area contributed by atoms with Gasteiger partial charge >= 0.3 is 0 Å². The first-order valence-corrected chi connectivity index (χ1v) is 13.6. The van der Waals surface area contributed by atoms with Gasteiger partial charge in [-0.1, -0.05) is 86.7 Å². The second-order valence-electron chi connectivity index (χ2n) is 11.2. The van der Waals surface area contributed by atoms with Gasteiger partial charge in [-0.15, -0.1) is 0 Å². The quantitative estimate of drug-likeness (QED) is 0.477. The van der Waals surface area contributed by atoms with E-state index in [9.17, 15) is 0 Å². The van der Waals surface area contributed by atoms with Crippen LogP contribution < -0.4 is 4.90 Å². The molecule has 3 unspecified atom stereocenters. The van der Waals surface area contributed by atoms with Crippen LogP contribution in [0.2, 0.25) is 0 Å². The Labute approximate surface area is 200 Å². The molecule has 2 nitrogen and oxygen atoms in total. The van der Waals surface area contributed by atoms with Crippen molar-refractivity contribution in [2.75, 3.05) is 4.90 Å². The summed E-state index contributed by atoms with van der Waals surface area (Å²) >= 11 is 0. The van der Waals surface area contributed by atoms with Crippen molar-refractivity contribution in [1.82, 2.24) is 4.90 Å². The second-order valence-corrected chi connectivity index (χ2v) is 11.2. The van der Waals surface area contributed by atoms with Gasteiger partial charge < -0.3 is 9.80 Å². The van der Waals surface area contributed by atoms with E-state index in [1.54, 1.807) is 0 Å². The fraction of sp³-hybridized carbons (Fsp3) is 0.548. The summed E-state index contributed by atoms with van der Waals surface area (Å²) in [5, 5.41) is 0. The third kappa shape index (κ3) is 3.27. The van der Waals surface area contributed by atoms with E-state index in [1.165, 1.54) is 74.6 Å². The van der Waals surface area contributed by atoms with Crippen LogP contribution in [-0.4, -0.2) is 17.0 Å². The number of nitrogens with zero attached hydrogens (tertiary/aromatic N) is 2. The van der Waals surface area contributed by atoms with Gasteiger partial charge in [0, 0.05) is 17.1 Å². The SMILES string of the molecule is Cc1ccccc1N1C(c2ccccc2)N2C=CC(C3CCCCC3)(C3CCCC3)C2[C@@H]1C. The number of fused-ring (bicyclic) bond motifs is 1. The minimum Gasteiger partial charge on any atom is -0.348 e. The summed E-state index contributed by atoms with van der Waals surface area (Å²) < 4.78 is 0.